The van der Waals surface area contributed by atoms with Crippen molar-refractivity contribution >= 4 is 11.6 Å². The molecule has 5 heteroatoms. The summed E-state index contributed by atoms with van der Waals surface area (Å²) in [6.07, 6.45) is 3.95. The van der Waals surface area contributed by atoms with Crippen LogP contribution >= 0.6 is 0 Å². The molecule has 3 aromatic rings. The van der Waals surface area contributed by atoms with Crippen LogP contribution in [0.2, 0.25) is 0 Å². The summed E-state index contributed by atoms with van der Waals surface area (Å²) < 4.78 is 0. The molecule has 1 saturated heterocycles. The number of aromatic nitrogens is 2. The molecule has 1 aliphatic heterocycles. The van der Waals surface area contributed by atoms with Gasteiger partial charge in [0.2, 0.25) is 0 Å². The molecule has 1 fully saturated rings. The van der Waals surface area contributed by atoms with Crippen LogP contribution in [-0.4, -0.2) is 39.8 Å². The average Bonchev–Trinajstić information content (AvgIpc) is 2.76. The minimum absolute atomic E-state index is 0.0448. The van der Waals surface area contributed by atoms with Crippen LogP contribution in [-0.2, 0) is 6.54 Å². The molecule has 0 amide bonds. The van der Waals surface area contributed by atoms with E-state index in [2.05, 4.69) is 50.5 Å². The predicted molar refractivity (Wildman–Crippen MR) is 116 cm³/mol. The number of rotatable bonds is 6. The first kappa shape index (κ1) is 19.3. The number of hydrogen-bond donors (Lipinski definition) is 1. The van der Waals surface area contributed by atoms with Crippen molar-refractivity contribution in [3.8, 4) is 11.4 Å². The van der Waals surface area contributed by atoms with Crippen LogP contribution in [0.4, 0.5) is 5.82 Å². The van der Waals surface area contributed by atoms with Gasteiger partial charge in [-0.05, 0) is 37.5 Å². The molecule has 0 spiro atoms. The van der Waals surface area contributed by atoms with Gasteiger partial charge in [0.05, 0.1) is 0 Å². The van der Waals surface area contributed by atoms with Gasteiger partial charge in [-0.25, -0.2) is 9.97 Å². The maximum absolute atomic E-state index is 11.6. The number of nitrogens with one attached hydrogen (secondary N) is 1. The molecule has 0 radical (unpaired) electrons. The van der Waals surface area contributed by atoms with E-state index in [0.29, 0.717) is 17.4 Å². The fraction of sp³-hybridized carbons (Fsp3) is 0.292. The monoisotopic (exact) mass is 386 g/mol. The molecule has 0 atom stereocenters. The summed E-state index contributed by atoms with van der Waals surface area (Å²) in [4.78, 5) is 23.2. The summed E-state index contributed by atoms with van der Waals surface area (Å²) in [6.45, 7) is 4.73. The lowest BCUT2D eigenvalue weighted by Crippen LogP contribution is -2.38. The number of likely N-dealkylation sites (tertiary alicyclic amines) is 1. The first-order chi connectivity index (χ1) is 14.2. The van der Waals surface area contributed by atoms with Gasteiger partial charge in [-0.1, -0.05) is 48.5 Å². The van der Waals surface area contributed by atoms with E-state index >= 15 is 0 Å². The zero-order valence-corrected chi connectivity index (χ0v) is 16.7. The first-order valence-corrected chi connectivity index (χ1v) is 10.1. The number of anilines is 1. The number of benzene rings is 2. The summed E-state index contributed by atoms with van der Waals surface area (Å²) in [5.74, 6) is 1.52. The largest absolute Gasteiger partial charge is 0.367 e. The Morgan fingerprint density at radius 3 is 2.62 bits per heavy atom. The van der Waals surface area contributed by atoms with Crippen LogP contribution in [0.3, 0.4) is 0 Å². The second kappa shape index (κ2) is 8.97. The highest BCUT2D eigenvalue weighted by atomic mass is 16.1. The minimum Gasteiger partial charge on any atom is -0.367 e. The van der Waals surface area contributed by atoms with Gasteiger partial charge in [0, 0.05) is 43.0 Å². The van der Waals surface area contributed by atoms with Crippen molar-refractivity contribution in [3.05, 3.63) is 78.0 Å². The molecular formula is C24H26N4O. The number of piperidine rings is 1. The zero-order chi connectivity index (χ0) is 20.1. The third kappa shape index (κ3) is 5.06. The second-order valence-electron chi connectivity index (χ2n) is 7.58. The van der Waals surface area contributed by atoms with Gasteiger partial charge in [0.25, 0.3) is 0 Å². The van der Waals surface area contributed by atoms with Crippen LogP contribution in [0, 0.1) is 0 Å². The van der Waals surface area contributed by atoms with E-state index in [1.54, 1.807) is 13.1 Å². The van der Waals surface area contributed by atoms with Gasteiger partial charge in [0.1, 0.15) is 5.82 Å². The smallest absolute Gasteiger partial charge is 0.161 e. The van der Waals surface area contributed by atoms with Crippen LogP contribution in [0.1, 0.15) is 35.7 Å². The molecule has 0 bridgehead atoms. The molecule has 29 heavy (non-hydrogen) atoms. The van der Waals surface area contributed by atoms with E-state index in [9.17, 15) is 4.79 Å². The Kier molecular flexibility index (Phi) is 5.96. The fourth-order valence-corrected chi connectivity index (χ4v) is 3.74. The van der Waals surface area contributed by atoms with Crippen molar-refractivity contribution in [2.45, 2.75) is 32.4 Å². The Labute approximate surface area is 171 Å². The van der Waals surface area contributed by atoms with E-state index < -0.39 is 0 Å². The van der Waals surface area contributed by atoms with Gasteiger partial charge >= 0.3 is 0 Å². The van der Waals surface area contributed by atoms with Crippen molar-refractivity contribution in [2.24, 2.45) is 0 Å². The van der Waals surface area contributed by atoms with Crippen LogP contribution < -0.4 is 5.32 Å². The Hall–Kier alpha value is -3.05. The number of nitrogens with zero attached hydrogens (tertiary/aromatic N) is 3. The van der Waals surface area contributed by atoms with Crippen LogP contribution in [0.25, 0.3) is 11.4 Å². The molecule has 0 aliphatic carbocycles. The van der Waals surface area contributed by atoms with Gasteiger partial charge in [-0.3, -0.25) is 9.69 Å². The van der Waals surface area contributed by atoms with Crippen molar-refractivity contribution in [1.82, 2.24) is 14.9 Å². The molecule has 4 rings (SSSR count). The molecule has 0 unspecified atom stereocenters. The lowest BCUT2D eigenvalue weighted by Gasteiger charge is -2.32. The lowest BCUT2D eigenvalue weighted by atomic mass is 10.0. The normalized spacial score (nSPS) is 15.2. The van der Waals surface area contributed by atoms with Gasteiger partial charge in [-0.2, -0.15) is 0 Å². The number of carbonyl (C=O) groups is 1. The minimum atomic E-state index is 0.0448. The number of Topliss-reactive ketones (excluding diaryl/α,β-unsaturated/α-hetero) is 1. The Balaban J connectivity index is 1.37. The summed E-state index contributed by atoms with van der Waals surface area (Å²) in [6, 6.07) is 20.4. The Bertz CT molecular complexity index is 965. The average molecular weight is 386 g/mol. The van der Waals surface area contributed by atoms with Crippen LogP contribution in [0.15, 0.2) is 66.9 Å². The summed E-state index contributed by atoms with van der Waals surface area (Å²) >= 11 is 0. The number of hydrogen-bond acceptors (Lipinski definition) is 5. The summed E-state index contributed by atoms with van der Waals surface area (Å²) in [5, 5.41) is 3.57. The fourth-order valence-electron chi connectivity index (χ4n) is 3.74. The van der Waals surface area contributed by atoms with Crippen LogP contribution in [0.5, 0.6) is 0 Å². The highest BCUT2D eigenvalue weighted by Crippen LogP contribution is 2.21. The molecule has 0 saturated carbocycles. The number of ketones is 1. The maximum Gasteiger partial charge on any atom is 0.161 e. The van der Waals surface area contributed by atoms with E-state index in [1.165, 1.54) is 5.56 Å². The zero-order valence-electron chi connectivity index (χ0n) is 16.7. The SMILES string of the molecule is CC(=O)c1cccc(-c2nccc(NC3CCN(Cc4ccccc4)CC3)n2)c1. The summed E-state index contributed by atoms with van der Waals surface area (Å²) in [7, 11) is 0. The molecular weight excluding hydrogens is 360 g/mol. The maximum atomic E-state index is 11.6. The second-order valence-corrected chi connectivity index (χ2v) is 7.58. The van der Waals surface area contributed by atoms with Gasteiger partial charge in [-0.15, -0.1) is 0 Å². The molecule has 5 nitrogen and oxygen atoms in total. The third-order valence-electron chi connectivity index (χ3n) is 5.37. The Morgan fingerprint density at radius 1 is 1.07 bits per heavy atom. The van der Waals surface area contributed by atoms with Crippen molar-refractivity contribution < 1.29 is 4.79 Å². The molecule has 1 N–H and O–H groups in total. The Morgan fingerprint density at radius 2 is 1.86 bits per heavy atom. The quantitative estimate of drug-likeness (QED) is 0.636. The van der Waals surface area contributed by atoms with E-state index in [-0.39, 0.29) is 5.78 Å². The van der Waals surface area contributed by atoms with Crippen molar-refractivity contribution in [2.75, 3.05) is 18.4 Å². The van der Waals surface area contributed by atoms with E-state index in [0.717, 1.165) is 43.9 Å². The molecule has 148 valence electrons. The van der Waals surface area contributed by atoms with Gasteiger partial charge < -0.3 is 5.32 Å². The molecule has 2 heterocycles. The van der Waals surface area contributed by atoms with Crippen molar-refractivity contribution in [3.63, 3.8) is 0 Å². The highest BCUT2D eigenvalue weighted by molar-refractivity contribution is 5.95. The topological polar surface area (TPSA) is 58.1 Å². The standard InChI is InChI=1S/C24H26N4O/c1-18(29)20-8-5-9-21(16-20)24-25-13-10-23(27-24)26-22-11-14-28(15-12-22)17-19-6-3-2-4-7-19/h2-10,13,16,22H,11-12,14-15,17H2,1H3,(H,25,26,27). The number of carbonyl (C=O) groups excluding carboxylic acids is 1. The third-order valence-corrected chi connectivity index (χ3v) is 5.37. The lowest BCUT2D eigenvalue weighted by molar-refractivity contribution is 0.101. The highest BCUT2D eigenvalue weighted by Gasteiger charge is 2.19. The van der Waals surface area contributed by atoms with E-state index in [1.807, 2.05) is 30.3 Å². The van der Waals surface area contributed by atoms with E-state index in [4.69, 9.17) is 0 Å². The molecule has 2 aromatic carbocycles. The van der Waals surface area contributed by atoms with Gasteiger partial charge in [0.15, 0.2) is 11.6 Å². The summed E-state index contributed by atoms with van der Waals surface area (Å²) in [5.41, 5.74) is 2.90. The first-order valence-electron chi connectivity index (χ1n) is 10.1. The molecule has 1 aliphatic rings. The predicted octanol–water partition coefficient (Wildman–Crippen LogP) is 4.42. The molecule has 1 aromatic heterocycles. The van der Waals surface area contributed by atoms with Crippen molar-refractivity contribution in [1.29, 1.82) is 0 Å².